The molecule has 4 saturated heterocycles. The number of aliphatic hydroxyl groups excluding tert-OH is 3. The number of ether oxygens (including phenoxy) is 9. The van der Waals surface area contributed by atoms with Gasteiger partial charge in [-0.05, 0) is 225 Å². The van der Waals surface area contributed by atoms with Crippen molar-refractivity contribution in [3.8, 4) is 51.3 Å². The maximum Gasteiger partial charge on any atom is 0.494 e. The van der Waals surface area contributed by atoms with E-state index in [0.717, 1.165) is 116 Å². The number of H-pyrrole nitrogens is 1. The number of benzene rings is 8. The summed E-state index contributed by atoms with van der Waals surface area (Å²) in [6.07, 6.45) is -1.18. The highest BCUT2D eigenvalue weighted by atomic mass is 35.5. The van der Waals surface area contributed by atoms with Crippen LogP contribution in [0.2, 0.25) is 10.3 Å². The van der Waals surface area contributed by atoms with Gasteiger partial charge in [0, 0.05) is 100 Å². The zero-order valence-electron chi connectivity index (χ0n) is 77.2. The van der Waals surface area contributed by atoms with Crippen LogP contribution in [0.15, 0.2) is 229 Å². The van der Waals surface area contributed by atoms with Crippen LogP contribution in [-0.4, -0.2) is 203 Å². The Morgan fingerprint density at radius 1 is 0.423 bits per heavy atom. The molecule has 0 saturated carbocycles. The van der Waals surface area contributed by atoms with Gasteiger partial charge >= 0.3 is 7.12 Å². The van der Waals surface area contributed by atoms with Gasteiger partial charge in [0.2, 0.25) is 5.56 Å². The maximum absolute atomic E-state index is 10.9. The average molecular weight is 1810 g/mol. The fourth-order valence-corrected chi connectivity index (χ4v) is 15.0. The van der Waals surface area contributed by atoms with Gasteiger partial charge in [0.05, 0.1) is 61.1 Å². The molecule has 130 heavy (non-hydrogen) atoms. The molecule has 4 unspecified atom stereocenters. The lowest BCUT2D eigenvalue weighted by atomic mass is 9.79. The Kier molecular flexibility index (Phi) is 35.2. The minimum atomic E-state index is -0.906. The van der Waals surface area contributed by atoms with E-state index in [9.17, 15) is 20.1 Å². The lowest BCUT2D eigenvalue weighted by Crippen LogP contribution is -2.41. The number of para-hydroxylation sites is 5. The number of aromatic nitrogens is 5. The van der Waals surface area contributed by atoms with Gasteiger partial charge in [0.15, 0.2) is 17.4 Å². The summed E-state index contributed by atoms with van der Waals surface area (Å²) in [5.41, 5.74) is 11.3. The number of aromatic amines is 1. The first-order valence-electron chi connectivity index (χ1n) is 44.2. The molecule has 28 heteroatoms. The van der Waals surface area contributed by atoms with Crippen molar-refractivity contribution in [2.24, 2.45) is 0 Å². The Morgan fingerprint density at radius 2 is 0.777 bits per heavy atom. The van der Waals surface area contributed by atoms with E-state index in [0.29, 0.717) is 65.9 Å². The summed E-state index contributed by atoms with van der Waals surface area (Å²) in [6.45, 7) is 40.8. The molecule has 0 bridgehead atoms. The summed E-state index contributed by atoms with van der Waals surface area (Å²) in [4.78, 5) is 38.4. The zero-order valence-corrected chi connectivity index (χ0v) is 78.7. The van der Waals surface area contributed by atoms with Crippen molar-refractivity contribution < 1.29 is 77.5 Å². The molecule has 0 amide bonds. The van der Waals surface area contributed by atoms with Gasteiger partial charge in [-0.15, -0.1) is 0 Å². The molecule has 690 valence electrons. The fourth-order valence-electron chi connectivity index (χ4n) is 14.7. The van der Waals surface area contributed by atoms with Gasteiger partial charge in [-0.2, -0.15) is 0 Å². The summed E-state index contributed by atoms with van der Waals surface area (Å²) in [5, 5.41) is 51.4. The Balaban J connectivity index is 0.000000151. The molecule has 4 aliphatic heterocycles. The maximum atomic E-state index is 10.9. The van der Waals surface area contributed by atoms with Crippen molar-refractivity contribution in [3.63, 3.8) is 0 Å². The number of fused-ring (bicyclic) bond motifs is 5. The molecule has 6 N–H and O–H groups in total. The van der Waals surface area contributed by atoms with Crippen LogP contribution >= 0.6 is 23.2 Å². The molecule has 4 aliphatic rings. The monoisotopic (exact) mass is 1810 g/mol. The van der Waals surface area contributed by atoms with E-state index in [1.807, 2.05) is 126 Å². The highest BCUT2D eigenvalue weighted by Crippen LogP contribution is 2.38. The fraction of sp³-hybridized carbons (Fsp3) is 0.382. The molecule has 0 aliphatic carbocycles. The van der Waals surface area contributed by atoms with Crippen LogP contribution in [0.1, 0.15) is 111 Å². The number of nitrogens with one attached hydrogen (secondary N) is 1. The Morgan fingerprint density at radius 3 is 1.17 bits per heavy atom. The Hall–Kier alpha value is -10.8. The second-order valence-corrected chi connectivity index (χ2v) is 34.4. The molecule has 0 spiro atoms. The first-order chi connectivity index (χ1) is 62.2. The topological polar surface area (TPSA) is 297 Å². The number of rotatable bonds is 23. The molecule has 4 atom stereocenters. The van der Waals surface area contributed by atoms with E-state index in [4.69, 9.17) is 95.3 Å². The number of hydrogen-bond acceptors (Lipinski definition) is 24. The highest BCUT2D eigenvalue weighted by Gasteiger charge is 2.52. The molecule has 17 rings (SSSR count). The molecule has 9 heterocycles. The summed E-state index contributed by atoms with van der Waals surface area (Å²) < 4.78 is 62.8. The predicted octanol–water partition coefficient (Wildman–Crippen LogP) is 19.0. The van der Waals surface area contributed by atoms with Gasteiger partial charge < -0.3 is 97.2 Å². The predicted molar refractivity (Wildman–Crippen MR) is 520 cm³/mol. The highest BCUT2D eigenvalue weighted by molar-refractivity contribution is 6.62. The van der Waals surface area contributed by atoms with E-state index in [1.54, 1.807) is 36.4 Å². The smallest absolute Gasteiger partial charge is 0.494 e. The number of phenolic OH excluding ortho intramolecular Hbond substituents is 2. The van der Waals surface area contributed by atoms with Crippen LogP contribution in [-0.2, 0) is 37.7 Å². The Labute approximate surface area is 772 Å². The molecule has 8 aromatic carbocycles. The van der Waals surface area contributed by atoms with E-state index in [-0.39, 0.29) is 73.5 Å². The quantitative estimate of drug-likeness (QED) is 0.0256. The van der Waals surface area contributed by atoms with Crippen molar-refractivity contribution in [2.45, 2.75) is 164 Å². The van der Waals surface area contributed by atoms with Crippen LogP contribution in [0.3, 0.4) is 0 Å². The van der Waals surface area contributed by atoms with Crippen molar-refractivity contribution in [1.29, 1.82) is 0 Å². The Bertz CT molecular complexity index is 5850. The SMILES string of the molecule is CC1(C)OCC(CO)O1.CC1(C)OCC(COc2cccc3ccc(Cl)nc23)O1.CCN(CC)c1ccc(-c2ccc3cccc(OCC(O)CO)c3n2)cc1.CCN(CC)c1ccc(-c2ccc3cccc(OCC4COC(C)(C)O4)c3n2)cc1.CCN(CC)c1ccc(B2OC(C)(C)C(C)(C)O2)cc1.O=c1ccc2cccc(O)c2[nH]1.Oc1cccc2ccc(Cl)nc12. The zero-order chi connectivity index (χ0) is 93.5. The summed E-state index contributed by atoms with van der Waals surface area (Å²) in [6, 6.07) is 71.8. The summed E-state index contributed by atoms with van der Waals surface area (Å²) in [5.74, 6) is 0.763. The van der Waals surface area contributed by atoms with E-state index in [2.05, 4.69) is 190 Å². The number of aromatic hydroxyl groups is 2. The van der Waals surface area contributed by atoms with Crippen molar-refractivity contribution in [2.75, 3.05) is 107 Å². The van der Waals surface area contributed by atoms with Gasteiger partial charge in [-0.1, -0.05) is 132 Å². The number of phenols is 2. The third-order valence-electron chi connectivity index (χ3n) is 22.4. The van der Waals surface area contributed by atoms with Gasteiger partial charge in [0.1, 0.15) is 105 Å². The van der Waals surface area contributed by atoms with Crippen LogP contribution in [0.4, 0.5) is 17.1 Å². The number of halogens is 2. The minimum Gasteiger partial charge on any atom is -0.506 e. The van der Waals surface area contributed by atoms with Crippen LogP contribution < -0.4 is 39.9 Å². The lowest BCUT2D eigenvalue weighted by Gasteiger charge is -2.32. The normalized spacial score (nSPS) is 17.2. The van der Waals surface area contributed by atoms with E-state index >= 15 is 0 Å². The van der Waals surface area contributed by atoms with Gasteiger partial charge in [0.25, 0.3) is 0 Å². The lowest BCUT2D eigenvalue weighted by molar-refractivity contribution is -0.142. The first kappa shape index (κ1) is 99.8. The number of nitrogens with zero attached hydrogens (tertiary/aromatic N) is 7. The summed E-state index contributed by atoms with van der Waals surface area (Å²) >= 11 is 11.6. The van der Waals surface area contributed by atoms with Crippen LogP contribution in [0.25, 0.3) is 77.0 Å². The van der Waals surface area contributed by atoms with Crippen molar-refractivity contribution in [3.05, 3.63) is 245 Å². The number of pyridine rings is 5. The standard InChI is InChI=1S/C25H30N2O3.C22H26N2O3.C16H26BNO2.C15H16ClNO3.C9H6ClNO.C9H7NO2.C6H12O3/c1-5-27(6-2)20-13-10-18(11-14-20)22-15-12-19-8-7-9-23(24(19)26-22)28-16-21-17-29-25(3,4)30-21;1-3-24(4-2)18-11-8-16(9-12-18)20-13-10-17-6-5-7-21(22(17)23-20)27-15-19(26)14-25;1-7-18(8-2)14-11-9-13(10-12-14)17-19-15(3,4)16(5,6)20-17;1-15(2)19-9-11(20-15)8-18-12-5-3-4-10-6-7-13(16)17-14(10)12;10-8-5-4-6-2-1-3-7(12)9(6)11-8;11-7-3-1-2-6-4-5-8(12)10-9(6)7;1-6(2)8-4-5(3-7)9-6/h7-15,21H,5-6,16-17H2,1-4H3;5-13,19,25-26H,3-4,14-15H2,1-2H3;9-12H,7-8H2,1-6H3;3-7,11H,8-9H2,1-2H3;1-5,12H;1-5,11H,(H,10,12);5,7H,3-4H2,1-2H3. The van der Waals surface area contributed by atoms with E-state index in [1.165, 1.54) is 29.2 Å². The first-order valence-corrected chi connectivity index (χ1v) is 45.0. The van der Waals surface area contributed by atoms with Crippen molar-refractivity contribution >= 4 is 107 Å². The molecular weight excluding hydrogens is 1690 g/mol. The largest absolute Gasteiger partial charge is 0.506 e. The molecule has 25 nitrogen and oxygen atoms in total. The van der Waals surface area contributed by atoms with Gasteiger partial charge in [-0.3, -0.25) is 4.79 Å². The second kappa shape index (κ2) is 45.8. The third kappa shape index (κ3) is 27.2. The molecule has 4 fully saturated rings. The third-order valence-corrected chi connectivity index (χ3v) is 22.9. The van der Waals surface area contributed by atoms with Crippen LogP contribution in [0.5, 0.6) is 28.7 Å². The molecule has 13 aromatic rings. The van der Waals surface area contributed by atoms with Crippen LogP contribution in [0, 0.1) is 0 Å². The van der Waals surface area contributed by atoms with Crippen molar-refractivity contribution in [1.82, 2.24) is 24.9 Å². The number of hydrogen-bond donors (Lipinski definition) is 6. The second-order valence-electron chi connectivity index (χ2n) is 33.7. The van der Waals surface area contributed by atoms with E-state index < -0.39 is 23.5 Å². The van der Waals surface area contributed by atoms with Gasteiger partial charge in [-0.25, -0.2) is 19.9 Å². The average Bonchev–Trinajstić information content (AvgIpc) is 1.62. The molecule has 5 aromatic heterocycles. The molecular formula is C102H123BCl2N8O17. The number of anilines is 3. The number of aliphatic hydroxyl groups is 3. The minimum absolute atomic E-state index is 0.0279. The molecule has 0 radical (unpaired) electrons. The summed E-state index contributed by atoms with van der Waals surface area (Å²) in [7, 11) is -0.272.